The third-order valence-corrected chi connectivity index (χ3v) is 3.65. The van der Waals surface area contributed by atoms with Gasteiger partial charge in [0.1, 0.15) is 12.4 Å². The molecule has 0 aromatic heterocycles. The van der Waals surface area contributed by atoms with Crippen LogP contribution in [0, 0.1) is 0 Å². The van der Waals surface area contributed by atoms with E-state index in [0.717, 1.165) is 22.6 Å². The fraction of sp³-hybridized carbons (Fsp3) is 0.316. The summed E-state index contributed by atoms with van der Waals surface area (Å²) in [5.74, 6) is 0.117. The molecule has 24 heavy (non-hydrogen) atoms. The molecule has 5 nitrogen and oxygen atoms in total. The van der Waals surface area contributed by atoms with Gasteiger partial charge in [-0.05, 0) is 23.3 Å². The first-order valence-electron chi connectivity index (χ1n) is 7.74. The monoisotopic (exact) mass is 329 g/mol. The van der Waals surface area contributed by atoms with Crippen molar-refractivity contribution in [2.24, 2.45) is 0 Å². The number of hydrogen-bond donors (Lipinski definition) is 1. The smallest absolute Gasteiger partial charge is 0.335 e. The summed E-state index contributed by atoms with van der Waals surface area (Å²) >= 11 is 0. The molecule has 0 bridgehead atoms. The molecule has 0 spiro atoms. The van der Waals surface area contributed by atoms with Gasteiger partial charge in [-0.25, -0.2) is 4.79 Å². The van der Waals surface area contributed by atoms with Gasteiger partial charge in [-0.2, -0.15) is 0 Å². The number of hydrogen-bond acceptors (Lipinski definition) is 5. The van der Waals surface area contributed by atoms with E-state index in [1.54, 1.807) is 7.11 Å². The number of nitrogens with zero attached hydrogens (tertiary/aromatic N) is 1. The van der Waals surface area contributed by atoms with Crippen molar-refractivity contribution in [3.63, 3.8) is 0 Å². The van der Waals surface area contributed by atoms with Crippen LogP contribution in [0.5, 0.6) is 5.75 Å². The summed E-state index contributed by atoms with van der Waals surface area (Å²) in [7, 11) is 5.43. The summed E-state index contributed by atoms with van der Waals surface area (Å²) in [6.45, 7) is 0.155. The molecule has 0 fully saturated rings. The van der Waals surface area contributed by atoms with Crippen molar-refractivity contribution in [1.29, 1.82) is 0 Å². The van der Waals surface area contributed by atoms with Gasteiger partial charge in [-0.15, -0.1) is 0 Å². The average molecular weight is 329 g/mol. The van der Waals surface area contributed by atoms with Crippen molar-refractivity contribution in [3.05, 3.63) is 59.7 Å². The minimum absolute atomic E-state index is 0.155. The van der Waals surface area contributed by atoms with Crippen LogP contribution in [-0.2, 0) is 22.6 Å². The lowest BCUT2D eigenvalue weighted by Gasteiger charge is -2.18. The topological polar surface area (TPSA) is 59.0 Å². The Kier molecular flexibility index (Phi) is 6.21. The van der Waals surface area contributed by atoms with E-state index in [2.05, 4.69) is 0 Å². The van der Waals surface area contributed by atoms with Crippen LogP contribution in [-0.4, -0.2) is 38.4 Å². The minimum Gasteiger partial charge on any atom is -0.495 e. The second-order valence-corrected chi connectivity index (χ2v) is 5.71. The standard InChI is InChI=1S/C19H23NO4/c1-20(2)16-11-15(9-10-18(16)23-3)12-17(21)19(22)24-13-14-7-5-4-6-8-14/h4-11,17,21H,12-13H2,1-3H3. The highest BCUT2D eigenvalue weighted by molar-refractivity contribution is 5.75. The van der Waals surface area contributed by atoms with E-state index in [4.69, 9.17) is 9.47 Å². The molecule has 1 atom stereocenters. The number of benzene rings is 2. The fourth-order valence-corrected chi connectivity index (χ4v) is 2.34. The Labute approximate surface area is 142 Å². The number of carbonyl (C=O) groups is 1. The first kappa shape index (κ1) is 17.8. The van der Waals surface area contributed by atoms with Crippen molar-refractivity contribution in [2.75, 3.05) is 26.1 Å². The van der Waals surface area contributed by atoms with Crippen molar-refractivity contribution in [3.8, 4) is 5.75 Å². The van der Waals surface area contributed by atoms with E-state index in [0.29, 0.717) is 0 Å². The molecule has 1 unspecified atom stereocenters. The Morgan fingerprint density at radius 3 is 2.46 bits per heavy atom. The van der Waals surface area contributed by atoms with Gasteiger partial charge in [0.05, 0.1) is 12.8 Å². The first-order chi connectivity index (χ1) is 11.5. The molecule has 2 aromatic carbocycles. The normalized spacial score (nSPS) is 11.7. The summed E-state index contributed by atoms with van der Waals surface area (Å²) in [4.78, 5) is 13.9. The third kappa shape index (κ3) is 4.73. The maximum atomic E-state index is 12.0. The van der Waals surface area contributed by atoms with Crippen LogP contribution in [0.25, 0.3) is 0 Å². The van der Waals surface area contributed by atoms with Crippen LogP contribution in [0.2, 0.25) is 0 Å². The molecule has 0 amide bonds. The van der Waals surface area contributed by atoms with E-state index < -0.39 is 12.1 Å². The molecule has 1 N–H and O–H groups in total. The second-order valence-electron chi connectivity index (χ2n) is 5.71. The number of aliphatic hydroxyl groups is 1. The lowest BCUT2D eigenvalue weighted by Crippen LogP contribution is -2.25. The molecule has 2 rings (SSSR count). The Morgan fingerprint density at radius 2 is 1.83 bits per heavy atom. The van der Waals surface area contributed by atoms with Gasteiger partial charge >= 0.3 is 5.97 Å². The SMILES string of the molecule is COc1ccc(CC(O)C(=O)OCc2ccccc2)cc1N(C)C. The summed E-state index contributed by atoms with van der Waals surface area (Å²) in [6, 6.07) is 14.9. The Hall–Kier alpha value is -2.53. The molecule has 0 aliphatic carbocycles. The molecular formula is C19H23NO4. The van der Waals surface area contributed by atoms with Crippen molar-refractivity contribution < 1.29 is 19.4 Å². The lowest BCUT2D eigenvalue weighted by atomic mass is 10.1. The van der Waals surface area contributed by atoms with Gasteiger partial charge in [0.2, 0.25) is 0 Å². The highest BCUT2D eigenvalue weighted by Crippen LogP contribution is 2.28. The van der Waals surface area contributed by atoms with Gasteiger partial charge in [-0.3, -0.25) is 0 Å². The zero-order valence-corrected chi connectivity index (χ0v) is 14.2. The molecule has 0 radical (unpaired) electrons. The quantitative estimate of drug-likeness (QED) is 0.791. The van der Waals surface area contributed by atoms with Crippen LogP contribution >= 0.6 is 0 Å². The van der Waals surface area contributed by atoms with Gasteiger partial charge in [-0.1, -0.05) is 36.4 Å². The van der Waals surface area contributed by atoms with Crippen molar-refractivity contribution in [1.82, 2.24) is 0 Å². The summed E-state index contributed by atoms with van der Waals surface area (Å²) < 4.78 is 10.5. The molecule has 0 heterocycles. The van der Waals surface area contributed by atoms with Crippen LogP contribution in [0.3, 0.4) is 0 Å². The Balaban J connectivity index is 1.97. The summed E-state index contributed by atoms with van der Waals surface area (Å²) in [5.41, 5.74) is 2.61. The zero-order chi connectivity index (χ0) is 17.5. The number of esters is 1. The largest absolute Gasteiger partial charge is 0.495 e. The predicted octanol–water partition coefficient (Wildman–Crippen LogP) is 2.41. The predicted molar refractivity (Wildman–Crippen MR) is 93.3 cm³/mol. The minimum atomic E-state index is -1.20. The van der Waals surface area contributed by atoms with Crippen LogP contribution in [0.4, 0.5) is 5.69 Å². The van der Waals surface area contributed by atoms with E-state index in [1.807, 2.05) is 67.5 Å². The van der Waals surface area contributed by atoms with Crippen LogP contribution in [0.1, 0.15) is 11.1 Å². The fourth-order valence-electron chi connectivity index (χ4n) is 2.34. The number of methoxy groups -OCH3 is 1. The van der Waals surface area contributed by atoms with Crippen molar-refractivity contribution in [2.45, 2.75) is 19.1 Å². The number of anilines is 1. The highest BCUT2D eigenvalue weighted by atomic mass is 16.5. The van der Waals surface area contributed by atoms with E-state index in [-0.39, 0.29) is 13.0 Å². The van der Waals surface area contributed by atoms with Gasteiger partial charge < -0.3 is 19.5 Å². The van der Waals surface area contributed by atoms with Crippen molar-refractivity contribution >= 4 is 11.7 Å². The Bertz CT molecular complexity index is 670. The van der Waals surface area contributed by atoms with Gasteiger partial charge in [0, 0.05) is 20.5 Å². The highest BCUT2D eigenvalue weighted by Gasteiger charge is 2.18. The van der Waals surface area contributed by atoms with E-state index >= 15 is 0 Å². The molecule has 128 valence electrons. The van der Waals surface area contributed by atoms with Gasteiger partial charge in [0.25, 0.3) is 0 Å². The number of ether oxygens (including phenoxy) is 2. The van der Waals surface area contributed by atoms with Gasteiger partial charge in [0.15, 0.2) is 6.10 Å². The molecule has 0 saturated carbocycles. The zero-order valence-electron chi connectivity index (χ0n) is 14.2. The van der Waals surface area contributed by atoms with Crippen LogP contribution < -0.4 is 9.64 Å². The number of rotatable bonds is 7. The average Bonchev–Trinajstić information content (AvgIpc) is 2.60. The molecule has 0 aliphatic heterocycles. The number of carbonyl (C=O) groups excluding carboxylic acids is 1. The molecule has 5 heteroatoms. The maximum Gasteiger partial charge on any atom is 0.335 e. The summed E-state index contributed by atoms with van der Waals surface area (Å²) in [6.07, 6.45) is -1.00. The second kappa shape index (κ2) is 8.36. The molecule has 0 aliphatic rings. The molecule has 0 saturated heterocycles. The third-order valence-electron chi connectivity index (χ3n) is 3.65. The van der Waals surface area contributed by atoms with E-state index in [9.17, 15) is 9.90 Å². The van der Waals surface area contributed by atoms with E-state index in [1.165, 1.54) is 0 Å². The maximum absolute atomic E-state index is 12.0. The first-order valence-corrected chi connectivity index (χ1v) is 7.74. The molecular weight excluding hydrogens is 306 g/mol. The summed E-state index contributed by atoms with van der Waals surface area (Å²) in [5, 5.41) is 10.1. The lowest BCUT2D eigenvalue weighted by molar-refractivity contribution is -0.154. The Morgan fingerprint density at radius 1 is 1.12 bits per heavy atom. The van der Waals surface area contributed by atoms with Crippen LogP contribution in [0.15, 0.2) is 48.5 Å². The molecule has 2 aromatic rings. The number of aliphatic hydroxyl groups excluding tert-OH is 1.